The van der Waals surface area contributed by atoms with Gasteiger partial charge >= 0.3 is 51.4 Å². The van der Waals surface area contributed by atoms with Crippen molar-refractivity contribution in [2.45, 2.75) is 21.8 Å². The minimum atomic E-state index is -3.91. The molecular weight excluding hydrogens is 167 g/mol. The van der Waals surface area contributed by atoms with Crippen LogP contribution in [0, 0.1) is 0 Å². The molecule has 0 saturated carbocycles. The van der Waals surface area contributed by atoms with Gasteiger partial charge in [-0.25, -0.2) is 8.42 Å². The van der Waals surface area contributed by atoms with Gasteiger partial charge in [0.2, 0.25) is 0 Å². The second-order valence-corrected chi connectivity index (χ2v) is 2.54. The molecule has 0 radical (unpaired) electrons. The fourth-order valence-corrected chi connectivity index (χ4v) is 0. The Labute approximate surface area is 100 Å². The van der Waals surface area contributed by atoms with Gasteiger partial charge in [0.15, 0.2) is 0 Å². The van der Waals surface area contributed by atoms with Crippen LogP contribution in [0.5, 0.6) is 0 Å². The molecule has 0 bridgehead atoms. The third kappa shape index (κ3) is 26.3. The predicted octanol–water partition coefficient (Wildman–Crippen LogP) is -2.17. The van der Waals surface area contributed by atoms with Crippen LogP contribution in [0.25, 0.3) is 0 Å². The maximum absolute atomic E-state index is 9.44. The first-order valence-corrected chi connectivity index (χ1v) is 3.07. The number of hydrogen-bond acceptors (Lipinski definition) is 3. The summed E-state index contributed by atoms with van der Waals surface area (Å²) in [6, 6.07) is 0. The van der Waals surface area contributed by atoms with E-state index in [4.69, 9.17) is 0 Å². The Kier molecular flexibility index (Phi) is 23.8. The summed E-state index contributed by atoms with van der Waals surface area (Å²) in [4.78, 5) is 0. The molecule has 0 aromatic carbocycles. The Morgan fingerprint density at radius 2 is 1.44 bits per heavy atom. The molecule has 9 heavy (non-hydrogen) atoms. The molecule has 0 saturated heterocycles. The zero-order chi connectivity index (χ0) is 5.21. The molecule has 0 aliphatic heterocycles. The van der Waals surface area contributed by atoms with Gasteiger partial charge < -0.3 is 4.55 Å². The summed E-state index contributed by atoms with van der Waals surface area (Å²) in [5, 5.41) is 0. The third-order valence-electron chi connectivity index (χ3n) is 0.354. The summed E-state index contributed by atoms with van der Waals surface area (Å²) in [6.07, 6.45) is 0. The van der Waals surface area contributed by atoms with Gasteiger partial charge in [-0.2, -0.15) is 0 Å². The molecule has 0 unspecified atom stereocenters. The van der Waals surface area contributed by atoms with Gasteiger partial charge in [0, 0.05) is 5.75 Å². The van der Waals surface area contributed by atoms with Gasteiger partial charge in [-0.3, -0.25) is 0 Å². The molecule has 0 N–H and O–H groups in total. The molecule has 0 atom stereocenters. The minimum Gasteiger partial charge on any atom is -0.748 e. The molecule has 0 heterocycles. The van der Waals surface area contributed by atoms with Gasteiger partial charge in [-0.05, 0) is 0 Å². The molecule has 0 rings (SSSR count). The Hall–Kier alpha value is 1.55. The van der Waals surface area contributed by atoms with Crippen LogP contribution in [-0.2, 0) is 10.1 Å². The molecule has 5 heteroatoms. The van der Waals surface area contributed by atoms with Crippen molar-refractivity contribution >= 4 is 10.1 Å². The standard InChI is InChI=1S/C2H6O3S.2CH4.K/c1-2-6(3,4)5;;;/h2H2,1H3,(H,3,4,5);2*1H4;/q;;;+1/p-1. The third-order valence-corrected chi connectivity index (χ3v) is 1.06. The monoisotopic (exact) mass is 180 g/mol. The molecule has 0 fully saturated rings. The van der Waals surface area contributed by atoms with E-state index in [1.807, 2.05) is 0 Å². The van der Waals surface area contributed by atoms with Gasteiger partial charge in [0.05, 0.1) is 10.1 Å². The van der Waals surface area contributed by atoms with Crippen LogP contribution in [0.1, 0.15) is 21.8 Å². The van der Waals surface area contributed by atoms with Crippen LogP contribution in [0.15, 0.2) is 0 Å². The first kappa shape index (κ1) is 22.4. The fraction of sp³-hybridized carbons (Fsp3) is 1.00. The van der Waals surface area contributed by atoms with Crippen molar-refractivity contribution < 1.29 is 64.4 Å². The Bertz CT molecular complexity index is 118. The van der Waals surface area contributed by atoms with E-state index in [-0.39, 0.29) is 72.0 Å². The Balaban J connectivity index is -0.0000000417. The topological polar surface area (TPSA) is 57.2 Å². The van der Waals surface area contributed by atoms with Crippen LogP contribution in [0.3, 0.4) is 0 Å². The average molecular weight is 180 g/mol. The van der Waals surface area contributed by atoms with E-state index >= 15 is 0 Å². The second kappa shape index (κ2) is 9.55. The maximum Gasteiger partial charge on any atom is 1.00 e. The molecule has 0 aliphatic carbocycles. The first-order chi connectivity index (χ1) is 2.56. The fourth-order valence-electron chi connectivity index (χ4n) is 0. The number of hydrogen-bond donors (Lipinski definition) is 0. The Morgan fingerprint density at radius 1 is 1.33 bits per heavy atom. The quantitative estimate of drug-likeness (QED) is 0.341. The summed E-state index contributed by atoms with van der Waals surface area (Å²) in [6.45, 7) is 1.31. The van der Waals surface area contributed by atoms with Gasteiger partial charge in [0.1, 0.15) is 0 Å². The van der Waals surface area contributed by atoms with Crippen molar-refractivity contribution in [3.8, 4) is 0 Å². The Morgan fingerprint density at radius 3 is 1.44 bits per heavy atom. The van der Waals surface area contributed by atoms with Crippen molar-refractivity contribution in [3.05, 3.63) is 0 Å². The van der Waals surface area contributed by atoms with Crippen molar-refractivity contribution in [3.63, 3.8) is 0 Å². The van der Waals surface area contributed by atoms with E-state index in [1.54, 1.807) is 0 Å². The van der Waals surface area contributed by atoms with E-state index < -0.39 is 10.1 Å². The predicted molar refractivity (Wildman–Crippen MR) is 33.7 cm³/mol. The van der Waals surface area contributed by atoms with Crippen molar-refractivity contribution in [1.82, 2.24) is 0 Å². The van der Waals surface area contributed by atoms with Gasteiger partial charge in [-0.1, -0.05) is 21.8 Å². The molecule has 0 aromatic rings. The first-order valence-electron chi connectivity index (χ1n) is 1.50. The van der Waals surface area contributed by atoms with Crippen LogP contribution >= 0.6 is 0 Å². The largest absolute Gasteiger partial charge is 1.00 e. The maximum atomic E-state index is 9.44. The molecule has 3 nitrogen and oxygen atoms in total. The zero-order valence-electron chi connectivity index (χ0n) is 4.34. The smallest absolute Gasteiger partial charge is 0.748 e. The molecule has 0 amide bonds. The second-order valence-electron chi connectivity index (χ2n) is 0.846. The van der Waals surface area contributed by atoms with E-state index in [9.17, 15) is 13.0 Å². The summed E-state index contributed by atoms with van der Waals surface area (Å²) < 4.78 is 28.3. The van der Waals surface area contributed by atoms with E-state index in [1.165, 1.54) is 6.92 Å². The molecule has 0 spiro atoms. The molecule has 0 aromatic heterocycles. The van der Waals surface area contributed by atoms with Crippen molar-refractivity contribution in [2.75, 3.05) is 5.75 Å². The minimum absolute atomic E-state index is 0. The molecule has 54 valence electrons. The average Bonchev–Trinajstić information content (AvgIpc) is 1.35. The molecular formula is C4H13KO3S. The van der Waals surface area contributed by atoms with E-state index in [0.29, 0.717) is 0 Å². The van der Waals surface area contributed by atoms with Crippen LogP contribution in [-0.4, -0.2) is 18.7 Å². The van der Waals surface area contributed by atoms with E-state index in [0.717, 1.165) is 0 Å². The van der Waals surface area contributed by atoms with Crippen molar-refractivity contribution in [1.29, 1.82) is 0 Å². The van der Waals surface area contributed by atoms with Gasteiger partial charge in [-0.15, -0.1) is 0 Å². The van der Waals surface area contributed by atoms with Crippen LogP contribution in [0.2, 0.25) is 0 Å². The summed E-state index contributed by atoms with van der Waals surface area (Å²) in [5.41, 5.74) is 0. The summed E-state index contributed by atoms with van der Waals surface area (Å²) >= 11 is 0. The van der Waals surface area contributed by atoms with Crippen molar-refractivity contribution in [2.24, 2.45) is 0 Å². The normalized spacial score (nSPS) is 7.78. The molecule has 0 aliphatic rings. The number of rotatable bonds is 1. The summed E-state index contributed by atoms with van der Waals surface area (Å²) in [7, 11) is -3.91. The van der Waals surface area contributed by atoms with Crippen LogP contribution in [0.4, 0.5) is 0 Å². The zero-order valence-corrected chi connectivity index (χ0v) is 8.28. The SMILES string of the molecule is C.C.CCS(=O)(=O)[O-].[K+]. The van der Waals surface area contributed by atoms with E-state index in [2.05, 4.69) is 0 Å². The summed E-state index contributed by atoms with van der Waals surface area (Å²) in [5.74, 6) is -0.312. The van der Waals surface area contributed by atoms with Gasteiger partial charge in [0.25, 0.3) is 0 Å². The van der Waals surface area contributed by atoms with Crippen LogP contribution < -0.4 is 51.4 Å².